The predicted molar refractivity (Wildman–Crippen MR) is 103 cm³/mol. The van der Waals surface area contributed by atoms with Gasteiger partial charge in [-0.3, -0.25) is 14.4 Å². The van der Waals surface area contributed by atoms with Gasteiger partial charge in [-0.15, -0.1) is 0 Å². The van der Waals surface area contributed by atoms with Crippen molar-refractivity contribution in [3.63, 3.8) is 0 Å². The van der Waals surface area contributed by atoms with Gasteiger partial charge < -0.3 is 9.47 Å². The van der Waals surface area contributed by atoms with Crippen LogP contribution in [0.1, 0.15) is 92.9 Å². The fourth-order valence-electron chi connectivity index (χ4n) is 2.56. The van der Waals surface area contributed by atoms with Crippen LogP contribution < -0.4 is 0 Å². The average molecular weight is 371 g/mol. The van der Waals surface area contributed by atoms with Crippen molar-refractivity contribution in [1.29, 1.82) is 0 Å². The molecule has 0 aromatic heterocycles. The lowest BCUT2D eigenvalue weighted by molar-refractivity contribution is -0.162. The van der Waals surface area contributed by atoms with E-state index in [-0.39, 0.29) is 25.2 Å². The first-order valence-corrected chi connectivity index (χ1v) is 9.93. The van der Waals surface area contributed by atoms with Gasteiger partial charge in [0.25, 0.3) is 0 Å². The van der Waals surface area contributed by atoms with Gasteiger partial charge >= 0.3 is 11.9 Å². The minimum absolute atomic E-state index is 0.348. The molecule has 0 saturated heterocycles. The van der Waals surface area contributed by atoms with Gasteiger partial charge in [-0.1, -0.05) is 52.4 Å². The molecule has 0 N–H and O–H groups in total. The number of unbranched alkanes of at least 4 members (excludes halogenated alkanes) is 4. The molecule has 0 aliphatic heterocycles. The Labute approximate surface area is 159 Å². The van der Waals surface area contributed by atoms with E-state index in [2.05, 4.69) is 13.8 Å². The van der Waals surface area contributed by atoms with Crippen molar-refractivity contribution in [2.75, 3.05) is 13.2 Å². The maximum absolute atomic E-state index is 12.1. The molecule has 0 saturated carbocycles. The van der Waals surface area contributed by atoms with Crippen LogP contribution in [-0.2, 0) is 23.9 Å². The quantitative estimate of drug-likeness (QED) is 0.323. The van der Waals surface area contributed by atoms with Crippen LogP contribution in [0.25, 0.3) is 0 Å². The molecule has 152 valence electrons. The van der Waals surface area contributed by atoms with E-state index in [1.54, 1.807) is 0 Å². The standard InChI is InChI=1S/C21H38O5/c1-7-9-11-13-20(3,4)18(23)25-15-17(22)16-26-19(24)21(5,6)14-12-10-8-2/h7-16H2,1-6H3. The van der Waals surface area contributed by atoms with Gasteiger partial charge in [0.2, 0.25) is 5.78 Å². The van der Waals surface area contributed by atoms with Gasteiger partial charge in [-0.05, 0) is 40.5 Å². The molecule has 0 fully saturated rings. The molecule has 0 aromatic rings. The van der Waals surface area contributed by atoms with Crippen molar-refractivity contribution >= 4 is 17.7 Å². The number of rotatable bonds is 14. The van der Waals surface area contributed by atoms with Gasteiger partial charge in [0, 0.05) is 0 Å². The van der Waals surface area contributed by atoms with Crippen LogP contribution in [0.3, 0.4) is 0 Å². The normalized spacial score (nSPS) is 11.9. The summed E-state index contributed by atoms with van der Waals surface area (Å²) in [5, 5.41) is 0. The third kappa shape index (κ3) is 9.93. The van der Waals surface area contributed by atoms with Crippen LogP contribution in [0.5, 0.6) is 0 Å². The van der Waals surface area contributed by atoms with E-state index in [9.17, 15) is 14.4 Å². The summed E-state index contributed by atoms with van der Waals surface area (Å²) < 4.78 is 10.2. The summed E-state index contributed by atoms with van der Waals surface area (Å²) in [6, 6.07) is 0. The molecule has 0 spiro atoms. The predicted octanol–water partition coefficient (Wildman–Crippen LogP) is 4.85. The fraction of sp³-hybridized carbons (Fsp3) is 0.857. The minimum Gasteiger partial charge on any atom is -0.457 e. The van der Waals surface area contributed by atoms with Gasteiger partial charge in [-0.2, -0.15) is 0 Å². The van der Waals surface area contributed by atoms with E-state index < -0.39 is 16.6 Å². The molecule has 0 rings (SSSR count). The molecule has 26 heavy (non-hydrogen) atoms. The monoisotopic (exact) mass is 370 g/mol. The highest BCUT2D eigenvalue weighted by molar-refractivity contribution is 5.86. The number of carbonyl (C=O) groups is 3. The second kappa shape index (κ2) is 12.1. The molecule has 0 radical (unpaired) electrons. The molecular weight excluding hydrogens is 332 g/mol. The second-order valence-electron chi connectivity index (χ2n) is 8.37. The summed E-state index contributed by atoms with van der Waals surface area (Å²) in [6.07, 6.45) is 7.69. The van der Waals surface area contributed by atoms with Crippen LogP contribution in [0.2, 0.25) is 0 Å². The molecule has 0 aromatic carbocycles. The topological polar surface area (TPSA) is 69.7 Å². The molecule has 5 heteroatoms. The summed E-state index contributed by atoms with van der Waals surface area (Å²) in [7, 11) is 0. The Morgan fingerprint density at radius 3 is 1.31 bits per heavy atom. The Morgan fingerprint density at radius 1 is 0.654 bits per heavy atom. The maximum Gasteiger partial charge on any atom is 0.311 e. The Bertz CT molecular complexity index is 411. The first-order valence-electron chi connectivity index (χ1n) is 9.93. The number of ether oxygens (including phenoxy) is 2. The highest BCUT2D eigenvalue weighted by Gasteiger charge is 2.31. The molecule has 0 bridgehead atoms. The van der Waals surface area contributed by atoms with Crippen LogP contribution in [0, 0.1) is 10.8 Å². The highest BCUT2D eigenvalue weighted by atomic mass is 16.6. The molecule has 0 unspecified atom stereocenters. The van der Waals surface area contributed by atoms with Gasteiger partial charge in [0.05, 0.1) is 10.8 Å². The van der Waals surface area contributed by atoms with E-state index in [0.29, 0.717) is 0 Å². The summed E-state index contributed by atoms with van der Waals surface area (Å²) >= 11 is 0. The van der Waals surface area contributed by atoms with Gasteiger partial charge in [0.15, 0.2) is 13.2 Å². The van der Waals surface area contributed by atoms with Crippen LogP contribution in [-0.4, -0.2) is 30.9 Å². The van der Waals surface area contributed by atoms with Crippen molar-refractivity contribution < 1.29 is 23.9 Å². The Kier molecular flexibility index (Phi) is 11.4. The third-order valence-electron chi connectivity index (χ3n) is 4.64. The van der Waals surface area contributed by atoms with Crippen LogP contribution >= 0.6 is 0 Å². The second-order valence-corrected chi connectivity index (χ2v) is 8.37. The Morgan fingerprint density at radius 2 is 1.00 bits per heavy atom. The molecule has 0 aliphatic rings. The van der Waals surface area contributed by atoms with Gasteiger partial charge in [-0.25, -0.2) is 0 Å². The van der Waals surface area contributed by atoms with Crippen molar-refractivity contribution in [1.82, 2.24) is 0 Å². The number of Topliss-reactive ketones (excluding diaryl/α,β-unsaturated/α-hetero) is 1. The van der Waals surface area contributed by atoms with Gasteiger partial charge in [0.1, 0.15) is 0 Å². The van der Waals surface area contributed by atoms with E-state index in [1.165, 1.54) is 0 Å². The van der Waals surface area contributed by atoms with Crippen LogP contribution in [0.15, 0.2) is 0 Å². The molecule has 5 nitrogen and oxygen atoms in total. The summed E-state index contributed by atoms with van der Waals surface area (Å²) in [4.78, 5) is 36.1. The largest absolute Gasteiger partial charge is 0.457 e. The van der Waals surface area contributed by atoms with Crippen molar-refractivity contribution in [2.45, 2.75) is 92.9 Å². The van der Waals surface area contributed by atoms with Crippen molar-refractivity contribution in [3.8, 4) is 0 Å². The summed E-state index contributed by atoms with van der Waals surface area (Å²) in [5.41, 5.74) is -1.21. The number of hydrogen-bond donors (Lipinski definition) is 0. The number of ketones is 1. The molecule has 0 atom stereocenters. The lowest BCUT2D eigenvalue weighted by atomic mass is 9.87. The SMILES string of the molecule is CCCCCC(C)(C)C(=O)OCC(=O)COC(=O)C(C)(C)CCCCC. The van der Waals surface area contributed by atoms with E-state index >= 15 is 0 Å². The van der Waals surface area contributed by atoms with Crippen molar-refractivity contribution in [2.24, 2.45) is 10.8 Å². The first-order chi connectivity index (χ1) is 12.1. The summed E-state index contributed by atoms with van der Waals surface area (Å²) in [6.45, 7) is 10.8. The zero-order chi connectivity index (χ0) is 20.2. The number of hydrogen-bond acceptors (Lipinski definition) is 5. The number of carbonyl (C=O) groups excluding carboxylic acids is 3. The van der Waals surface area contributed by atoms with E-state index in [0.717, 1.165) is 51.4 Å². The Balaban J connectivity index is 4.22. The van der Waals surface area contributed by atoms with E-state index in [1.807, 2.05) is 27.7 Å². The molecule has 0 heterocycles. The van der Waals surface area contributed by atoms with Crippen LogP contribution in [0.4, 0.5) is 0 Å². The molecular formula is C21H38O5. The lowest BCUT2D eigenvalue weighted by Crippen LogP contribution is -2.32. The smallest absolute Gasteiger partial charge is 0.311 e. The summed E-state index contributed by atoms with van der Waals surface area (Å²) in [5.74, 6) is -1.17. The molecule has 0 aliphatic carbocycles. The average Bonchev–Trinajstić information content (AvgIpc) is 2.57. The zero-order valence-electron chi connectivity index (χ0n) is 17.6. The fourth-order valence-corrected chi connectivity index (χ4v) is 2.56. The first kappa shape index (κ1) is 24.6. The van der Waals surface area contributed by atoms with E-state index in [4.69, 9.17) is 9.47 Å². The minimum atomic E-state index is -0.604. The number of esters is 2. The highest BCUT2D eigenvalue weighted by Crippen LogP contribution is 2.26. The maximum atomic E-state index is 12.1. The lowest BCUT2D eigenvalue weighted by Gasteiger charge is -2.23. The zero-order valence-corrected chi connectivity index (χ0v) is 17.6. The molecule has 0 amide bonds. The van der Waals surface area contributed by atoms with Crippen molar-refractivity contribution in [3.05, 3.63) is 0 Å². The Hall–Kier alpha value is -1.39. The third-order valence-corrected chi connectivity index (χ3v) is 4.64.